The Hall–Kier alpha value is -0.960. The molecule has 96 valence electrons. The zero-order valence-corrected chi connectivity index (χ0v) is 11.0. The summed E-state index contributed by atoms with van der Waals surface area (Å²) in [7, 11) is 1.69. The lowest BCUT2D eigenvalue weighted by molar-refractivity contribution is -0.0130. The first-order valence-corrected chi connectivity index (χ1v) is 6.02. The maximum Gasteiger partial charge on any atom is 0.274 e. The molecule has 0 fully saturated rings. The first-order chi connectivity index (χ1) is 7.88. The average Bonchev–Trinajstić information content (AvgIpc) is 2.26. The second kappa shape index (κ2) is 5.58. The normalized spacial score (nSPS) is 12.2. The number of alkyl halides is 2. The fourth-order valence-corrected chi connectivity index (χ4v) is 1.81. The Balaban J connectivity index is 3.06. The van der Waals surface area contributed by atoms with Gasteiger partial charge in [-0.05, 0) is 37.1 Å². The van der Waals surface area contributed by atoms with Crippen LogP contribution in [0.25, 0.3) is 0 Å². The summed E-state index contributed by atoms with van der Waals surface area (Å²) in [5, 5.41) is 2.77. The van der Waals surface area contributed by atoms with Crippen molar-refractivity contribution in [3.05, 3.63) is 34.9 Å². The van der Waals surface area contributed by atoms with E-state index in [4.69, 9.17) is 0 Å². The van der Waals surface area contributed by atoms with Gasteiger partial charge < -0.3 is 5.32 Å². The third-order valence-electron chi connectivity index (χ3n) is 3.01. The quantitative estimate of drug-likeness (QED) is 0.826. The Morgan fingerprint density at radius 1 is 1.29 bits per heavy atom. The molecular weight excluding hydrogens is 220 g/mol. The topological polar surface area (TPSA) is 12.0 Å². The second-order valence-electron chi connectivity index (χ2n) is 4.79. The fourth-order valence-electron chi connectivity index (χ4n) is 1.81. The second-order valence-corrected chi connectivity index (χ2v) is 4.79. The summed E-state index contributed by atoms with van der Waals surface area (Å²) in [5.41, 5.74) is 1.80. The van der Waals surface area contributed by atoms with Crippen molar-refractivity contribution in [3.63, 3.8) is 0 Å². The summed E-state index contributed by atoms with van der Waals surface area (Å²) in [6, 6.07) is 5.37. The van der Waals surface area contributed by atoms with E-state index in [1.54, 1.807) is 26.1 Å². The van der Waals surface area contributed by atoms with Crippen molar-refractivity contribution < 1.29 is 8.78 Å². The SMILES string of the molecule is CNCCC(F)(F)c1cc(C(C)C)ccc1C. The summed E-state index contributed by atoms with van der Waals surface area (Å²) in [5.74, 6) is -2.48. The number of halogens is 2. The molecule has 0 atom stereocenters. The van der Waals surface area contributed by atoms with Crippen LogP contribution in [0.2, 0.25) is 0 Å². The Bertz CT molecular complexity index is 372. The van der Waals surface area contributed by atoms with Gasteiger partial charge in [-0.25, -0.2) is 8.78 Å². The molecule has 0 heterocycles. The van der Waals surface area contributed by atoms with Gasteiger partial charge in [0.15, 0.2) is 0 Å². The molecule has 1 nitrogen and oxygen atoms in total. The number of hydrogen-bond donors (Lipinski definition) is 1. The highest BCUT2D eigenvalue weighted by Crippen LogP contribution is 2.35. The summed E-state index contributed by atoms with van der Waals surface area (Å²) >= 11 is 0. The zero-order valence-electron chi connectivity index (χ0n) is 11.0. The molecule has 1 aromatic rings. The highest BCUT2D eigenvalue weighted by atomic mass is 19.3. The maximum absolute atomic E-state index is 14.0. The van der Waals surface area contributed by atoms with Gasteiger partial charge >= 0.3 is 0 Å². The van der Waals surface area contributed by atoms with Gasteiger partial charge in [0.2, 0.25) is 0 Å². The van der Waals surface area contributed by atoms with Crippen LogP contribution in [0.5, 0.6) is 0 Å². The van der Waals surface area contributed by atoms with Crippen LogP contribution in [0.4, 0.5) is 8.78 Å². The molecule has 3 heteroatoms. The predicted molar refractivity (Wildman–Crippen MR) is 67.7 cm³/mol. The third-order valence-corrected chi connectivity index (χ3v) is 3.01. The molecule has 0 aliphatic heterocycles. The van der Waals surface area contributed by atoms with Crippen molar-refractivity contribution in [1.82, 2.24) is 5.32 Å². The van der Waals surface area contributed by atoms with Gasteiger partial charge in [0, 0.05) is 18.5 Å². The van der Waals surface area contributed by atoms with Crippen molar-refractivity contribution >= 4 is 0 Å². The largest absolute Gasteiger partial charge is 0.320 e. The van der Waals surface area contributed by atoms with Crippen LogP contribution in [0.3, 0.4) is 0 Å². The van der Waals surface area contributed by atoms with Crippen LogP contribution in [-0.2, 0) is 5.92 Å². The lowest BCUT2D eigenvalue weighted by atomic mass is 9.93. The van der Waals surface area contributed by atoms with Crippen LogP contribution in [0.15, 0.2) is 18.2 Å². The van der Waals surface area contributed by atoms with Crippen LogP contribution in [0, 0.1) is 6.92 Å². The van der Waals surface area contributed by atoms with Crippen molar-refractivity contribution in [2.24, 2.45) is 0 Å². The summed E-state index contributed by atoms with van der Waals surface area (Å²) in [6.07, 6.45) is -0.161. The monoisotopic (exact) mass is 241 g/mol. The Morgan fingerprint density at radius 2 is 1.94 bits per heavy atom. The molecule has 0 bridgehead atoms. The van der Waals surface area contributed by atoms with Gasteiger partial charge in [-0.1, -0.05) is 26.0 Å². The molecule has 0 amide bonds. The Labute approximate surface area is 102 Å². The lowest BCUT2D eigenvalue weighted by Crippen LogP contribution is -2.22. The Kier molecular flexibility index (Phi) is 4.63. The van der Waals surface area contributed by atoms with Gasteiger partial charge in [-0.15, -0.1) is 0 Å². The van der Waals surface area contributed by atoms with Crippen molar-refractivity contribution in [2.75, 3.05) is 13.6 Å². The van der Waals surface area contributed by atoms with Gasteiger partial charge in [0.1, 0.15) is 0 Å². The molecule has 17 heavy (non-hydrogen) atoms. The minimum Gasteiger partial charge on any atom is -0.320 e. The molecule has 1 N–H and O–H groups in total. The molecule has 1 rings (SSSR count). The van der Waals surface area contributed by atoms with Crippen LogP contribution >= 0.6 is 0 Å². The fraction of sp³-hybridized carbons (Fsp3) is 0.571. The first-order valence-electron chi connectivity index (χ1n) is 6.02. The molecule has 0 saturated carbocycles. The standard InChI is InChI=1S/C14H21F2N/c1-10(2)12-6-5-11(3)13(9-12)14(15,16)7-8-17-4/h5-6,9-10,17H,7-8H2,1-4H3. The third kappa shape index (κ3) is 3.50. The van der Waals surface area contributed by atoms with Crippen molar-refractivity contribution in [1.29, 1.82) is 0 Å². The van der Waals surface area contributed by atoms with Crippen LogP contribution in [0.1, 0.15) is 42.9 Å². The molecule has 0 radical (unpaired) electrons. The van der Waals surface area contributed by atoms with E-state index in [2.05, 4.69) is 5.32 Å². The molecule has 0 aromatic heterocycles. The minimum atomic E-state index is -2.75. The van der Waals surface area contributed by atoms with Crippen LogP contribution < -0.4 is 5.32 Å². The molecule has 0 unspecified atom stereocenters. The van der Waals surface area contributed by atoms with E-state index in [1.807, 2.05) is 19.9 Å². The van der Waals surface area contributed by atoms with Gasteiger partial charge in [-0.2, -0.15) is 0 Å². The number of rotatable bonds is 5. The van der Waals surface area contributed by atoms with Gasteiger partial charge in [-0.3, -0.25) is 0 Å². The summed E-state index contributed by atoms with van der Waals surface area (Å²) < 4.78 is 28.0. The number of aryl methyl sites for hydroxylation is 1. The first kappa shape index (κ1) is 14.1. The van der Waals surface area contributed by atoms with E-state index in [1.165, 1.54) is 0 Å². The van der Waals surface area contributed by atoms with E-state index in [-0.39, 0.29) is 17.9 Å². The Morgan fingerprint density at radius 3 is 2.47 bits per heavy atom. The number of nitrogens with one attached hydrogen (secondary N) is 1. The predicted octanol–water partition coefficient (Wildman–Crippen LogP) is 3.82. The number of benzene rings is 1. The minimum absolute atomic E-state index is 0.161. The van der Waals surface area contributed by atoms with E-state index >= 15 is 0 Å². The van der Waals surface area contributed by atoms with E-state index in [0.717, 1.165) is 5.56 Å². The molecule has 0 aliphatic carbocycles. The van der Waals surface area contributed by atoms with Gasteiger partial charge in [0.05, 0.1) is 0 Å². The average molecular weight is 241 g/mol. The van der Waals surface area contributed by atoms with E-state index in [9.17, 15) is 8.78 Å². The molecule has 0 saturated heterocycles. The molecule has 0 spiro atoms. The molecule has 1 aromatic carbocycles. The van der Waals surface area contributed by atoms with Crippen molar-refractivity contribution in [2.45, 2.75) is 39.0 Å². The van der Waals surface area contributed by atoms with Crippen LogP contribution in [-0.4, -0.2) is 13.6 Å². The highest BCUT2D eigenvalue weighted by Gasteiger charge is 2.32. The van der Waals surface area contributed by atoms with Crippen molar-refractivity contribution in [3.8, 4) is 0 Å². The lowest BCUT2D eigenvalue weighted by Gasteiger charge is -2.20. The highest BCUT2D eigenvalue weighted by molar-refractivity contribution is 5.35. The van der Waals surface area contributed by atoms with E-state index < -0.39 is 5.92 Å². The maximum atomic E-state index is 14.0. The van der Waals surface area contributed by atoms with Gasteiger partial charge in [0.25, 0.3) is 5.92 Å². The molecular formula is C14H21F2N. The summed E-state index contributed by atoms with van der Waals surface area (Å²) in [4.78, 5) is 0. The summed E-state index contributed by atoms with van der Waals surface area (Å²) in [6.45, 7) is 6.09. The zero-order chi connectivity index (χ0) is 13.1. The number of hydrogen-bond acceptors (Lipinski definition) is 1. The van der Waals surface area contributed by atoms with E-state index in [0.29, 0.717) is 12.1 Å². The molecule has 0 aliphatic rings. The smallest absolute Gasteiger partial charge is 0.274 e.